The number of halogens is 1. The average Bonchev–Trinajstić information content (AvgIpc) is 2.81. The molecule has 23 heavy (non-hydrogen) atoms. The number of piperidine rings is 1. The van der Waals surface area contributed by atoms with Crippen molar-refractivity contribution in [1.82, 2.24) is 10.6 Å². The van der Waals surface area contributed by atoms with Gasteiger partial charge < -0.3 is 10.6 Å². The Hall–Kier alpha value is -1.06. The van der Waals surface area contributed by atoms with E-state index >= 15 is 0 Å². The van der Waals surface area contributed by atoms with Crippen LogP contribution in [0.5, 0.6) is 0 Å². The summed E-state index contributed by atoms with van der Waals surface area (Å²) in [6.45, 7) is 5.05. The largest absolute Gasteiger partial charge is 0.356 e. The number of nitrogens with one attached hydrogen (secondary N) is 2. The zero-order valence-corrected chi connectivity index (χ0v) is 15.0. The first-order chi connectivity index (χ1) is 10.6. The van der Waals surface area contributed by atoms with E-state index in [9.17, 15) is 4.79 Å². The Bertz CT molecular complexity index is 514. The minimum Gasteiger partial charge on any atom is -0.356 e. The summed E-state index contributed by atoms with van der Waals surface area (Å²) >= 11 is 0. The lowest BCUT2D eigenvalue weighted by molar-refractivity contribution is -0.122. The lowest BCUT2D eigenvalue weighted by Crippen LogP contribution is -2.39. The van der Waals surface area contributed by atoms with Gasteiger partial charge in [-0.1, -0.05) is 18.2 Å². The predicted octanol–water partition coefficient (Wildman–Crippen LogP) is 3.30. The smallest absolute Gasteiger partial charge is 0.220 e. The van der Waals surface area contributed by atoms with Gasteiger partial charge in [0.25, 0.3) is 0 Å². The number of rotatable bonds is 5. The summed E-state index contributed by atoms with van der Waals surface area (Å²) in [5, 5.41) is 6.76. The molecule has 1 aromatic rings. The Balaban J connectivity index is 0.00000192. The molecule has 2 fully saturated rings. The first-order valence-corrected chi connectivity index (χ1v) is 8.69. The van der Waals surface area contributed by atoms with E-state index in [4.69, 9.17) is 0 Å². The van der Waals surface area contributed by atoms with Crippen LogP contribution in [-0.2, 0) is 11.2 Å². The SMILES string of the molecule is Cc1cccc(C)c1CCNC(=O)CC1CC2CCC(C1)N2.Cl. The van der Waals surface area contributed by atoms with Crippen LogP contribution in [0.3, 0.4) is 0 Å². The number of hydrogen-bond acceptors (Lipinski definition) is 2. The molecule has 128 valence electrons. The molecule has 2 atom stereocenters. The molecule has 0 spiro atoms. The number of carbonyl (C=O) groups is 1. The normalized spacial score (nSPS) is 25.7. The first kappa shape index (κ1) is 18.3. The number of carbonyl (C=O) groups excluding carboxylic acids is 1. The van der Waals surface area contributed by atoms with Crippen LogP contribution < -0.4 is 10.6 Å². The highest BCUT2D eigenvalue weighted by atomic mass is 35.5. The Kier molecular flexibility index (Phi) is 6.49. The lowest BCUT2D eigenvalue weighted by Gasteiger charge is -2.28. The maximum absolute atomic E-state index is 12.2. The van der Waals surface area contributed by atoms with Crippen molar-refractivity contribution in [2.24, 2.45) is 5.92 Å². The molecule has 2 N–H and O–H groups in total. The molecule has 2 heterocycles. The molecule has 0 aromatic heterocycles. The van der Waals surface area contributed by atoms with E-state index in [-0.39, 0.29) is 18.3 Å². The first-order valence-electron chi connectivity index (χ1n) is 8.69. The number of fused-ring (bicyclic) bond motifs is 2. The number of aryl methyl sites for hydroxylation is 2. The van der Waals surface area contributed by atoms with Crippen LogP contribution in [-0.4, -0.2) is 24.5 Å². The molecule has 4 heteroatoms. The summed E-state index contributed by atoms with van der Waals surface area (Å²) in [6, 6.07) is 7.74. The maximum Gasteiger partial charge on any atom is 0.220 e. The summed E-state index contributed by atoms with van der Waals surface area (Å²) in [5.74, 6) is 0.816. The van der Waals surface area contributed by atoms with Gasteiger partial charge in [0.05, 0.1) is 0 Å². The van der Waals surface area contributed by atoms with Gasteiger partial charge in [-0.25, -0.2) is 0 Å². The van der Waals surface area contributed by atoms with Gasteiger partial charge in [0.15, 0.2) is 0 Å². The zero-order chi connectivity index (χ0) is 15.5. The molecular formula is C19H29ClN2O. The second-order valence-electron chi connectivity index (χ2n) is 7.15. The van der Waals surface area contributed by atoms with Gasteiger partial charge in [-0.2, -0.15) is 0 Å². The van der Waals surface area contributed by atoms with Gasteiger partial charge >= 0.3 is 0 Å². The molecule has 3 rings (SSSR count). The topological polar surface area (TPSA) is 41.1 Å². The summed E-state index contributed by atoms with van der Waals surface area (Å²) < 4.78 is 0. The third-order valence-electron chi connectivity index (χ3n) is 5.39. The molecular weight excluding hydrogens is 308 g/mol. The molecule has 0 aliphatic carbocycles. The maximum atomic E-state index is 12.2. The molecule has 2 unspecified atom stereocenters. The van der Waals surface area contributed by atoms with Crippen molar-refractivity contribution in [3.05, 3.63) is 34.9 Å². The van der Waals surface area contributed by atoms with E-state index in [1.54, 1.807) is 0 Å². The summed E-state index contributed by atoms with van der Waals surface area (Å²) in [5.41, 5.74) is 4.02. The molecule has 2 saturated heterocycles. The van der Waals surface area contributed by atoms with Crippen LogP contribution in [0.25, 0.3) is 0 Å². The average molecular weight is 337 g/mol. The van der Waals surface area contributed by atoms with Crippen molar-refractivity contribution in [1.29, 1.82) is 0 Å². The number of benzene rings is 1. The molecule has 2 aliphatic rings. The zero-order valence-electron chi connectivity index (χ0n) is 14.2. The molecule has 2 aliphatic heterocycles. The van der Waals surface area contributed by atoms with E-state index < -0.39 is 0 Å². The van der Waals surface area contributed by atoms with Crippen LogP contribution in [0.1, 0.15) is 48.8 Å². The number of amides is 1. The summed E-state index contributed by atoms with van der Waals surface area (Å²) in [4.78, 5) is 12.2. The fraction of sp³-hybridized carbons (Fsp3) is 0.632. The molecule has 1 amide bonds. The van der Waals surface area contributed by atoms with Crippen molar-refractivity contribution in [3.8, 4) is 0 Å². The van der Waals surface area contributed by atoms with Gasteiger partial charge in [0, 0.05) is 25.0 Å². The quantitative estimate of drug-likeness (QED) is 0.866. The third kappa shape index (κ3) is 4.71. The fourth-order valence-corrected chi connectivity index (χ4v) is 4.25. The van der Waals surface area contributed by atoms with Crippen molar-refractivity contribution < 1.29 is 4.79 Å². The van der Waals surface area contributed by atoms with Crippen LogP contribution in [0.2, 0.25) is 0 Å². The van der Waals surface area contributed by atoms with Crippen LogP contribution in [0.15, 0.2) is 18.2 Å². The molecule has 0 radical (unpaired) electrons. The van der Waals surface area contributed by atoms with Gasteiger partial charge in [-0.3, -0.25) is 4.79 Å². The van der Waals surface area contributed by atoms with Gasteiger partial charge in [-0.05, 0) is 68.6 Å². The third-order valence-corrected chi connectivity index (χ3v) is 5.39. The second-order valence-corrected chi connectivity index (χ2v) is 7.15. The van der Waals surface area contributed by atoms with E-state index in [1.165, 1.54) is 42.4 Å². The highest BCUT2D eigenvalue weighted by molar-refractivity contribution is 5.85. The fourth-order valence-electron chi connectivity index (χ4n) is 4.25. The molecule has 2 bridgehead atoms. The predicted molar refractivity (Wildman–Crippen MR) is 97.2 cm³/mol. The van der Waals surface area contributed by atoms with Crippen LogP contribution in [0, 0.1) is 19.8 Å². The van der Waals surface area contributed by atoms with Crippen molar-refractivity contribution in [2.45, 2.75) is 64.5 Å². The van der Waals surface area contributed by atoms with E-state index in [2.05, 4.69) is 42.7 Å². The second kappa shape index (κ2) is 8.16. The highest BCUT2D eigenvalue weighted by Crippen LogP contribution is 2.32. The van der Waals surface area contributed by atoms with Crippen molar-refractivity contribution in [2.75, 3.05) is 6.54 Å². The van der Waals surface area contributed by atoms with E-state index in [0.29, 0.717) is 24.4 Å². The monoisotopic (exact) mass is 336 g/mol. The molecule has 1 aromatic carbocycles. The van der Waals surface area contributed by atoms with Crippen LogP contribution in [0.4, 0.5) is 0 Å². The standard InChI is InChI=1S/C19H28N2O.ClH/c1-13-4-3-5-14(2)18(13)8-9-20-19(22)12-15-10-16-6-7-17(11-15)21-16;/h3-5,15-17,21H,6-12H2,1-2H3,(H,20,22);1H. The van der Waals surface area contributed by atoms with Crippen molar-refractivity contribution in [3.63, 3.8) is 0 Å². The van der Waals surface area contributed by atoms with Gasteiger partial charge in [0.2, 0.25) is 5.91 Å². The van der Waals surface area contributed by atoms with Gasteiger partial charge in [-0.15, -0.1) is 12.4 Å². The van der Waals surface area contributed by atoms with E-state index in [0.717, 1.165) is 13.0 Å². The minimum absolute atomic E-state index is 0. The lowest BCUT2D eigenvalue weighted by atomic mass is 9.89. The Morgan fingerprint density at radius 3 is 2.39 bits per heavy atom. The number of hydrogen-bond donors (Lipinski definition) is 2. The highest BCUT2D eigenvalue weighted by Gasteiger charge is 2.34. The van der Waals surface area contributed by atoms with Gasteiger partial charge in [0.1, 0.15) is 0 Å². The molecule has 0 saturated carbocycles. The summed E-state index contributed by atoms with van der Waals surface area (Å²) in [6.07, 6.45) is 6.61. The van der Waals surface area contributed by atoms with E-state index in [1.807, 2.05) is 0 Å². The minimum atomic E-state index is 0. The summed E-state index contributed by atoms with van der Waals surface area (Å²) in [7, 11) is 0. The Morgan fingerprint density at radius 1 is 1.17 bits per heavy atom. The molecule has 3 nitrogen and oxygen atoms in total. The van der Waals surface area contributed by atoms with Crippen LogP contribution >= 0.6 is 12.4 Å². The Labute approximate surface area is 146 Å². The Morgan fingerprint density at radius 2 is 1.78 bits per heavy atom. The van der Waals surface area contributed by atoms with Crippen molar-refractivity contribution >= 4 is 18.3 Å².